The van der Waals surface area contributed by atoms with Crippen LogP contribution in [0.15, 0.2) is 0 Å². The van der Waals surface area contributed by atoms with E-state index in [4.69, 9.17) is 13.0 Å². The minimum atomic E-state index is -6.09. The summed E-state index contributed by atoms with van der Waals surface area (Å²) < 4.78 is 58.9. The van der Waals surface area contributed by atoms with Crippen molar-refractivity contribution < 1.29 is 64.3 Å². The molecule has 0 N–H and O–H groups in total. The van der Waals surface area contributed by atoms with Gasteiger partial charge in [0.25, 0.3) is 0 Å². The number of hydrogen-bond acceptors (Lipinski definition) is 3. The fourth-order valence-corrected chi connectivity index (χ4v) is 0. The number of halogens is 3. The fraction of sp³-hybridized carbons (Fsp3) is 1.00. The van der Waals surface area contributed by atoms with Gasteiger partial charge in [-0.05, 0) is 0 Å². The van der Waals surface area contributed by atoms with E-state index >= 15 is 0 Å². The second-order valence-corrected chi connectivity index (χ2v) is 2.27. The van der Waals surface area contributed by atoms with Crippen LogP contribution in [0.25, 0.3) is 0 Å². The monoisotopic (exact) mass is 313 g/mol. The molecule has 0 bridgehead atoms. The van der Waals surface area contributed by atoms with Crippen molar-refractivity contribution >= 4 is 10.1 Å². The van der Waals surface area contributed by atoms with Crippen LogP contribution in [0.5, 0.6) is 0 Å². The van der Waals surface area contributed by atoms with Crippen molar-refractivity contribution in [3.8, 4) is 0 Å². The van der Waals surface area contributed by atoms with Gasteiger partial charge in [0, 0.05) is 0 Å². The van der Waals surface area contributed by atoms with E-state index in [2.05, 4.69) is 0 Å². The number of alkyl halides is 3. The fourth-order valence-electron chi connectivity index (χ4n) is 0. The van der Waals surface area contributed by atoms with Crippen molar-refractivity contribution in [1.82, 2.24) is 0 Å². The molecule has 0 fully saturated rings. The van der Waals surface area contributed by atoms with Gasteiger partial charge in [0.15, 0.2) is 10.1 Å². The molecule has 0 aromatic heterocycles. The summed E-state index contributed by atoms with van der Waals surface area (Å²) in [7, 11) is -6.09. The smallest absolute Gasteiger partial charge is 0.741 e. The zero-order valence-electron chi connectivity index (χ0n) is 3.58. The summed E-state index contributed by atoms with van der Waals surface area (Å²) in [5, 5.41) is 0. The van der Waals surface area contributed by atoms with E-state index in [-0.39, 0.29) is 38.2 Å². The Morgan fingerprint density at radius 2 is 1.33 bits per heavy atom. The molecule has 3 nitrogen and oxygen atoms in total. The summed E-state index contributed by atoms with van der Waals surface area (Å²) in [6, 6.07) is 0. The molecule has 57 valence electrons. The van der Waals surface area contributed by atoms with E-state index in [1.807, 2.05) is 0 Å². The maximum atomic E-state index is 10.7. The van der Waals surface area contributed by atoms with E-state index in [1.165, 1.54) is 0 Å². The Hall–Kier alpha value is 0.973. The molecule has 1 radical (unpaired) electrons. The molecule has 0 aliphatic heterocycles. The third-order valence-electron chi connectivity index (χ3n) is 0.283. The van der Waals surface area contributed by atoms with Crippen LogP contribution in [0, 0.1) is 38.2 Å². The van der Waals surface area contributed by atoms with Crippen molar-refractivity contribution in [2.45, 2.75) is 5.51 Å². The normalized spacial score (nSPS) is 12.4. The van der Waals surface area contributed by atoms with E-state index in [0.29, 0.717) is 0 Å². The zero-order valence-corrected chi connectivity index (χ0v) is 6.43. The number of hydrogen-bond donors (Lipinski definition) is 0. The van der Waals surface area contributed by atoms with Gasteiger partial charge in [-0.1, -0.05) is 0 Å². The molecule has 0 spiro atoms. The van der Waals surface area contributed by atoms with Gasteiger partial charge in [0.1, 0.15) is 0 Å². The second-order valence-electron chi connectivity index (χ2n) is 0.900. The van der Waals surface area contributed by atoms with Crippen molar-refractivity contribution in [3.63, 3.8) is 0 Å². The van der Waals surface area contributed by atoms with Crippen LogP contribution in [0.2, 0.25) is 0 Å². The predicted molar refractivity (Wildman–Crippen MR) is 15.8 cm³/mol. The van der Waals surface area contributed by atoms with Crippen LogP contribution in [0.3, 0.4) is 0 Å². The Morgan fingerprint density at radius 3 is 1.33 bits per heavy atom. The van der Waals surface area contributed by atoms with Gasteiger partial charge in [0.05, 0.1) is 0 Å². The molecule has 0 heterocycles. The first-order valence-corrected chi connectivity index (χ1v) is 2.68. The molecule has 0 atom stereocenters. The standard InChI is InChI=1S/CHF3O3S.Dy/c2-1(3,4)8(5,6)7;/h(H,5,6,7);/q;+3/p-1. The van der Waals surface area contributed by atoms with Gasteiger partial charge in [-0.2, -0.15) is 13.2 Å². The molecule has 0 saturated carbocycles. The Morgan fingerprint density at radius 1 is 1.22 bits per heavy atom. The van der Waals surface area contributed by atoms with Crippen LogP contribution in [-0.2, 0) is 10.1 Å². The van der Waals surface area contributed by atoms with E-state index < -0.39 is 15.6 Å². The Bertz CT molecular complexity index is 168. The van der Waals surface area contributed by atoms with Crippen molar-refractivity contribution in [2.75, 3.05) is 0 Å². The largest absolute Gasteiger partial charge is 3.00 e. The molecule has 0 aromatic carbocycles. The van der Waals surface area contributed by atoms with Gasteiger partial charge in [0.2, 0.25) is 0 Å². The van der Waals surface area contributed by atoms with Crippen LogP contribution >= 0.6 is 0 Å². The topological polar surface area (TPSA) is 57.2 Å². The molecule has 0 saturated heterocycles. The first-order valence-electron chi connectivity index (χ1n) is 1.27. The van der Waals surface area contributed by atoms with Crippen LogP contribution < -0.4 is 0 Å². The zero-order chi connectivity index (χ0) is 7.00. The molecule has 0 rings (SSSR count). The van der Waals surface area contributed by atoms with Crippen LogP contribution in [0.1, 0.15) is 0 Å². The average Bonchev–Trinajstić information content (AvgIpc) is 1.25. The third-order valence-corrected chi connectivity index (χ3v) is 0.850. The summed E-state index contributed by atoms with van der Waals surface area (Å²) in [5.74, 6) is 0. The second kappa shape index (κ2) is 3.39. The van der Waals surface area contributed by atoms with Crippen molar-refractivity contribution in [2.24, 2.45) is 0 Å². The quantitative estimate of drug-likeness (QED) is 0.469. The Kier molecular flexibility index (Phi) is 4.76. The van der Waals surface area contributed by atoms with Gasteiger partial charge < -0.3 is 4.55 Å². The van der Waals surface area contributed by atoms with Gasteiger partial charge in [-0.15, -0.1) is 0 Å². The maximum Gasteiger partial charge on any atom is 3.00 e. The van der Waals surface area contributed by atoms with Gasteiger partial charge >= 0.3 is 43.7 Å². The maximum absolute atomic E-state index is 10.7. The number of rotatable bonds is 0. The molecule has 0 aliphatic rings. The summed E-state index contributed by atoms with van der Waals surface area (Å²) in [4.78, 5) is 0. The molecular formula is CDyF3O3S+2. The van der Waals surface area contributed by atoms with E-state index in [0.717, 1.165) is 0 Å². The molecule has 8 heteroatoms. The third kappa shape index (κ3) is 4.39. The molecule has 0 aliphatic carbocycles. The van der Waals surface area contributed by atoms with Crippen molar-refractivity contribution in [1.29, 1.82) is 0 Å². The Labute approximate surface area is 79.4 Å². The molecule has 9 heavy (non-hydrogen) atoms. The van der Waals surface area contributed by atoms with Crippen LogP contribution in [0.4, 0.5) is 13.2 Å². The SMILES string of the molecule is O=S(=O)([O-])C(F)(F)F.[Dy+3]. The molecule has 0 unspecified atom stereocenters. The molecule has 0 amide bonds. The summed E-state index contributed by atoms with van der Waals surface area (Å²) in [6.45, 7) is 0. The molecular weight excluding hydrogens is 312 g/mol. The summed E-state index contributed by atoms with van der Waals surface area (Å²) in [6.07, 6.45) is 0. The predicted octanol–water partition coefficient (Wildman–Crippen LogP) is 0.0514. The average molecular weight is 312 g/mol. The van der Waals surface area contributed by atoms with Crippen LogP contribution in [-0.4, -0.2) is 18.5 Å². The van der Waals surface area contributed by atoms with E-state index in [1.54, 1.807) is 0 Å². The first-order chi connectivity index (χ1) is 3.25. The summed E-state index contributed by atoms with van der Waals surface area (Å²) >= 11 is 0. The van der Waals surface area contributed by atoms with Gasteiger partial charge in [-0.3, -0.25) is 0 Å². The Balaban J connectivity index is 0. The van der Waals surface area contributed by atoms with Gasteiger partial charge in [-0.25, -0.2) is 8.42 Å². The minimum absolute atomic E-state index is 0. The molecule has 0 aromatic rings. The minimum Gasteiger partial charge on any atom is -0.741 e. The first kappa shape index (κ1) is 12.6. The van der Waals surface area contributed by atoms with E-state index in [9.17, 15) is 13.2 Å². The van der Waals surface area contributed by atoms with Crippen molar-refractivity contribution in [3.05, 3.63) is 0 Å². The summed E-state index contributed by atoms with van der Waals surface area (Å²) in [5.41, 5.74) is -5.65.